The molecule has 1 radical (unpaired) electrons. The summed E-state index contributed by atoms with van der Waals surface area (Å²) in [6.45, 7) is 17.4. The minimum atomic E-state index is -0.244. The fourth-order valence-electron chi connectivity index (χ4n) is 5.55. The van der Waals surface area contributed by atoms with E-state index in [0.29, 0.717) is 23.7 Å². The standard InChI is InChI=1S/C22H43N2O2/c1-15(2)19-11-17(13-21(5,6)23(19)25)9-10-18-12-20(16(3)4)24(26)22(7,8)14-18/h15-20,25H,9-14H2,1-8H3. The first-order chi connectivity index (χ1) is 11.8. The Labute approximate surface area is 161 Å². The van der Waals surface area contributed by atoms with E-state index in [2.05, 4.69) is 55.4 Å². The first kappa shape index (κ1) is 22.1. The van der Waals surface area contributed by atoms with Crippen molar-refractivity contribution in [3.05, 3.63) is 0 Å². The molecule has 0 aliphatic carbocycles. The maximum atomic E-state index is 12.7. The molecular weight excluding hydrogens is 324 g/mol. The Balaban J connectivity index is 1.99. The number of rotatable bonds is 5. The third-order valence-corrected chi connectivity index (χ3v) is 7.08. The summed E-state index contributed by atoms with van der Waals surface area (Å²) in [5, 5.41) is 26.3. The molecule has 2 saturated heterocycles. The van der Waals surface area contributed by atoms with Crippen LogP contribution >= 0.6 is 0 Å². The van der Waals surface area contributed by atoms with E-state index >= 15 is 0 Å². The van der Waals surface area contributed by atoms with Gasteiger partial charge in [0.25, 0.3) is 0 Å². The summed E-state index contributed by atoms with van der Waals surface area (Å²) in [6.07, 6.45) is 6.65. The van der Waals surface area contributed by atoms with E-state index in [1.807, 2.05) is 0 Å². The van der Waals surface area contributed by atoms with Gasteiger partial charge in [-0.2, -0.15) is 5.06 Å². The highest BCUT2D eigenvalue weighted by Crippen LogP contribution is 2.42. The predicted octanol–water partition coefficient (Wildman–Crippen LogP) is 5.53. The van der Waals surface area contributed by atoms with Gasteiger partial charge in [0.2, 0.25) is 0 Å². The molecule has 4 heteroatoms. The topological polar surface area (TPSA) is 46.6 Å². The second kappa shape index (κ2) is 8.06. The quantitative estimate of drug-likeness (QED) is 0.695. The second-order valence-corrected chi connectivity index (χ2v) is 11.1. The molecule has 2 rings (SSSR count). The van der Waals surface area contributed by atoms with Crippen molar-refractivity contribution < 1.29 is 10.4 Å². The Morgan fingerprint density at radius 3 is 1.73 bits per heavy atom. The van der Waals surface area contributed by atoms with Gasteiger partial charge in [-0.15, -0.1) is 10.3 Å². The lowest BCUT2D eigenvalue weighted by Crippen LogP contribution is -2.56. The van der Waals surface area contributed by atoms with Gasteiger partial charge in [-0.05, 0) is 77.0 Å². The Bertz CT molecular complexity index is 419. The van der Waals surface area contributed by atoms with E-state index in [0.717, 1.165) is 25.7 Å². The van der Waals surface area contributed by atoms with Gasteiger partial charge < -0.3 is 5.21 Å². The van der Waals surface area contributed by atoms with Gasteiger partial charge >= 0.3 is 0 Å². The molecule has 0 aromatic heterocycles. The average Bonchev–Trinajstić information content (AvgIpc) is 2.50. The number of piperidine rings is 2. The minimum Gasteiger partial charge on any atom is -0.313 e. The zero-order valence-electron chi connectivity index (χ0n) is 18.5. The summed E-state index contributed by atoms with van der Waals surface area (Å²) >= 11 is 0. The van der Waals surface area contributed by atoms with Crippen LogP contribution < -0.4 is 0 Å². The fraction of sp³-hybridized carbons (Fsp3) is 1.00. The van der Waals surface area contributed by atoms with E-state index in [9.17, 15) is 10.4 Å². The molecule has 153 valence electrons. The maximum Gasteiger partial charge on any atom is 0.0443 e. The monoisotopic (exact) mass is 367 g/mol. The Morgan fingerprint density at radius 2 is 1.27 bits per heavy atom. The van der Waals surface area contributed by atoms with Crippen LogP contribution in [0.1, 0.15) is 93.9 Å². The van der Waals surface area contributed by atoms with Gasteiger partial charge in [0.05, 0.1) is 0 Å². The van der Waals surface area contributed by atoms with Gasteiger partial charge in [-0.1, -0.05) is 40.5 Å². The fourth-order valence-corrected chi connectivity index (χ4v) is 5.55. The van der Waals surface area contributed by atoms with Crippen molar-refractivity contribution in [2.45, 2.75) is 117 Å². The van der Waals surface area contributed by atoms with Crippen LogP contribution in [-0.2, 0) is 5.21 Å². The van der Waals surface area contributed by atoms with Gasteiger partial charge in [0.1, 0.15) is 0 Å². The van der Waals surface area contributed by atoms with E-state index in [-0.39, 0.29) is 23.2 Å². The molecule has 0 aromatic carbocycles. The molecule has 0 spiro atoms. The molecule has 2 fully saturated rings. The highest BCUT2D eigenvalue weighted by molar-refractivity contribution is 4.94. The molecule has 4 nitrogen and oxygen atoms in total. The summed E-state index contributed by atoms with van der Waals surface area (Å²) in [5.41, 5.74) is -0.387. The lowest BCUT2D eigenvalue weighted by Gasteiger charge is -2.49. The molecular formula is C22H43N2O2. The smallest absolute Gasteiger partial charge is 0.0443 e. The third kappa shape index (κ3) is 4.81. The Kier molecular flexibility index (Phi) is 6.86. The van der Waals surface area contributed by atoms with Gasteiger partial charge in [0, 0.05) is 23.2 Å². The van der Waals surface area contributed by atoms with Gasteiger partial charge in [0.15, 0.2) is 0 Å². The number of hydrogen-bond acceptors (Lipinski definition) is 3. The lowest BCUT2D eigenvalue weighted by atomic mass is 9.72. The SMILES string of the molecule is CC(C)C1CC(CCC2CC(C(C)C)N(O)C(C)(C)C2)CC(C)(C)N1[O]. The van der Waals surface area contributed by atoms with Crippen LogP contribution in [0.2, 0.25) is 0 Å². The number of hydroxylamine groups is 4. The van der Waals surface area contributed by atoms with Crippen molar-refractivity contribution in [1.29, 1.82) is 0 Å². The van der Waals surface area contributed by atoms with Gasteiger partial charge in [-0.25, -0.2) is 0 Å². The van der Waals surface area contributed by atoms with Crippen LogP contribution in [0, 0.1) is 23.7 Å². The van der Waals surface area contributed by atoms with Crippen LogP contribution in [0.15, 0.2) is 0 Å². The van der Waals surface area contributed by atoms with Crippen molar-refractivity contribution in [2.24, 2.45) is 23.7 Å². The normalized spacial score (nSPS) is 36.0. The van der Waals surface area contributed by atoms with Crippen molar-refractivity contribution in [2.75, 3.05) is 0 Å². The van der Waals surface area contributed by atoms with E-state index in [1.54, 1.807) is 5.06 Å². The first-order valence-corrected chi connectivity index (χ1v) is 10.8. The zero-order valence-corrected chi connectivity index (χ0v) is 18.5. The minimum absolute atomic E-state index is 0.143. The molecule has 0 aromatic rings. The number of nitrogens with zero attached hydrogens (tertiary/aromatic N) is 2. The zero-order chi connectivity index (χ0) is 19.9. The lowest BCUT2D eigenvalue weighted by molar-refractivity contribution is -0.274. The van der Waals surface area contributed by atoms with Crippen molar-refractivity contribution in [1.82, 2.24) is 10.1 Å². The van der Waals surface area contributed by atoms with Crippen molar-refractivity contribution in [3.63, 3.8) is 0 Å². The third-order valence-electron chi connectivity index (χ3n) is 7.08. The molecule has 4 atom stereocenters. The summed E-state index contributed by atoms with van der Waals surface area (Å²) in [4.78, 5) is 0. The van der Waals surface area contributed by atoms with E-state index in [1.165, 1.54) is 17.9 Å². The number of hydrogen-bond donors (Lipinski definition) is 1. The second-order valence-electron chi connectivity index (χ2n) is 11.1. The Morgan fingerprint density at radius 1 is 0.846 bits per heavy atom. The van der Waals surface area contributed by atoms with E-state index < -0.39 is 0 Å². The van der Waals surface area contributed by atoms with Crippen LogP contribution in [0.25, 0.3) is 0 Å². The van der Waals surface area contributed by atoms with Crippen LogP contribution in [0.3, 0.4) is 0 Å². The van der Waals surface area contributed by atoms with Crippen LogP contribution in [-0.4, -0.2) is 38.5 Å². The predicted molar refractivity (Wildman–Crippen MR) is 106 cm³/mol. The van der Waals surface area contributed by atoms with E-state index in [4.69, 9.17) is 0 Å². The summed E-state index contributed by atoms with van der Waals surface area (Å²) < 4.78 is 0. The molecule has 2 heterocycles. The highest BCUT2D eigenvalue weighted by atomic mass is 16.5. The molecule has 1 N–H and O–H groups in total. The van der Waals surface area contributed by atoms with Crippen LogP contribution in [0.4, 0.5) is 0 Å². The molecule has 0 amide bonds. The first-order valence-electron chi connectivity index (χ1n) is 10.8. The largest absolute Gasteiger partial charge is 0.313 e. The average molecular weight is 368 g/mol. The molecule has 0 saturated carbocycles. The molecule has 2 aliphatic rings. The molecule has 26 heavy (non-hydrogen) atoms. The summed E-state index contributed by atoms with van der Waals surface area (Å²) in [5.74, 6) is 2.20. The summed E-state index contributed by atoms with van der Waals surface area (Å²) in [6, 6.07) is 0.412. The highest BCUT2D eigenvalue weighted by Gasteiger charge is 2.44. The van der Waals surface area contributed by atoms with Gasteiger partial charge in [-0.3, -0.25) is 0 Å². The van der Waals surface area contributed by atoms with Crippen molar-refractivity contribution >= 4 is 0 Å². The summed E-state index contributed by atoms with van der Waals surface area (Å²) in [7, 11) is 0. The van der Waals surface area contributed by atoms with Crippen molar-refractivity contribution in [3.8, 4) is 0 Å². The Hall–Kier alpha value is -0.160. The van der Waals surface area contributed by atoms with Crippen LogP contribution in [0.5, 0.6) is 0 Å². The molecule has 0 bridgehead atoms. The maximum absolute atomic E-state index is 12.7. The molecule has 4 unspecified atom stereocenters. The molecule has 2 aliphatic heterocycles.